The number of aromatic nitrogens is 4. The molecule has 0 radical (unpaired) electrons. The molecule has 2 aromatic heterocycles. The second-order valence-corrected chi connectivity index (χ2v) is 8.52. The van der Waals surface area contributed by atoms with Gasteiger partial charge in [-0.3, -0.25) is 10.1 Å². The highest BCUT2D eigenvalue weighted by molar-refractivity contribution is 5.85. The van der Waals surface area contributed by atoms with Gasteiger partial charge in [-0.2, -0.15) is 5.10 Å². The van der Waals surface area contributed by atoms with E-state index >= 15 is 0 Å². The van der Waals surface area contributed by atoms with Crippen molar-refractivity contribution in [2.75, 3.05) is 0 Å². The van der Waals surface area contributed by atoms with Crippen LogP contribution in [0.1, 0.15) is 0 Å². The maximum Gasteiger partial charge on any atom is 0.270 e. The Kier molecular flexibility index (Phi) is 5.63. The molecule has 0 bridgehead atoms. The van der Waals surface area contributed by atoms with Crippen molar-refractivity contribution in [1.29, 1.82) is 0 Å². The first-order valence-electron chi connectivity index (χ1n) is 11.8. The zero-order chi connectivity index (χ0) is 25.2. The van der Waals surface area contributed by atoms with E-state index < -0.39 is 4.92 Å². The molecule has 6 rings (SSSR count). The number of nitrogens with one attached hydrogen (secondary N) is 1. The lowest BCUT2D eigenvalue weighted by atomic mass is 10.1. The zero-order valence-electron chi connectivity index (χ0n) is 19.7. The van der Waals surface area contributed by atoms with E-state index in [0.29, 0.717) is 17.1 Å². The number of para-hydroxylation sites is 1. The molecule has 7 nitrogen and oxygen atoms in total. The number of hydrogen-bond acceptors (Lipinski definition) is 4. The van der Waals surface area contributed by atoms with Crippen molar-refractivity contribution in [3.8, 4) is 50.8 Å². The SMILES string of the molecule is O=[N+]([O-])c1cccc(-c2nn(-c3ccccc3)cc2-c2nc(-c3ccccc3)c(-c3ccccc3)[nH]2)c1. The second kappa shape index (κ2) is 9.39. The summed E-state index contributed by atoms with van der Waals surface area (Å²) in [5, 5.41) is 16.3. The fraction of sp³-hybridized carbons (Fsp3) is 0. The summed E-state index contributed by atoms with van der Waals surface area (Å²) in [7, 11) is 0. The van der Waals surface area contributed by atoms with E-state index in [-0.39, 0.29) is 5.69 Å². The molecule has 0 unspecified atom stereocenters. The first-order chi connectivity index (χ1) is 18.2. The number of nitrogens with zero attached hydrogens (tertiary/aromatic N) is 4. The van der Waals surface area contributed by atoms with E-state index in [2.05, 4.69) is 4.98 Å². The first kappa shape index (κ1) is 22.2. The van der Waals surface area contributed by atoms with Gasteiger partial charge in [-0.1, -0.05) is 91.0 Å². The number of H-pyrrole nitrogens is 1. The second-order valence-electron chi connectivity index (χ2n) is 8.52. The van der Waals surface area contributed by atoms with Crippen LogP contribution in [0.4, 0.5) is 5.69 Å². The number of nitro groups is 1. The Morgan fingerprint density at radius 1 is 0.703 bits per heavy atom. The van der Waals surface area contributed by atoms with Crippen molar-refractivity contribution in [2.45, 2.75) is 0 Å². The van der Waals surface area contributed by atoms with Gasteiger partial charge in [-0.15, -0.1) is 0 Å². The lowest BCUT2D eigenvalue weighted by molar-refractivity contribution is -0.384. The summed E-state index contributed by atoms with van der Waals surface area (Å²) in [6, 6.07) is 36.3. The smallest absolute Gasteiger partial charge is 0.270 e. The van der Waals surface area contributed by atoms with Crippen molar-refractivity contribution >= 4 is 5.69 Å². The highest BCUT2D eigenvalue weighted by atomic mass is 16.6. The van der Waals surface area contributed by atoms with Crippen molar-refractivity contribution in [3.05, 3.63) is 132 Å². The summed E-state index contributed by atoms with van der Waals surface area (Å²) in [5.41, 5.74) is 6.55. The molecule has 2 heterocycles. The van der Waals surface area contributed by atoms with Crippen molar-refractivity contribution in [1.82, 2.24) is 19.7 Å². The van der Waals surface area contributed by atoms with Gasteiger partial charge in [0.15, 0.2) is 0 Å². The van der Waals surface area contributed by atoms with E-state index in [1.54, 1.807) is 16.8 Å². The molecule has 7 heteroatoms. The van der Waals surface area contributed by atoms with E-state index in [9.17, 15) is 10.1 Å². The van der Waals surface area contributed by atoms with Crippen molar-refractivity contribution < 1.29 is 4.92 Å². The number of hydrogen-bond donors (Lipinski definition) is 1. The van der Waals surface area contributed by atoms with Crippen LogP contribution >= 0.6 is 0 Å². The molecule has 0 saturated carbocycles. The summed E-state index contributed by atoms with van der Waals surface area (Å²) in [4.78, 5) is 19.7. The Hall–Kier alpha value is -5.30. The minimum atomic E-state index is -0.398. The quantitative estimate of drug-likeness (QED) is 0.201. The average molecular weight is 484 g/mol. The maximum absolute atomic E-state index is 11.5. The Morgan fingerprint density at radius 3 is 2.00 bits per heavy atom. The van der Waals surface area contributed by atoms with Gasteiger partial charge < -0.3 is 4.98 Å². The number of non-ortho nitro benzene ring substituents is 1. The number of rotatable bonds is 6. The fourth-order valence-electron chi connectivity index (χ4n) is 4.36. The van der Waals surface area contributed by atoms with Gasteiger partial charge in [-0.25, -0.2) is 9.67 Å². The third-order valence-corrected chi connectivity index (χ3v) is 6.13. The van der Waals surface area contributed by atoms with Gasteiger partial charge >= 0.3 is 0 Å². The summed E-state index contributed by atoms with van der Waals surface area (Å²) in [5.74, 6) is 0.626. The minimum absolute atomic E-state index is 0.00658. The Balaban J connectivity index is 1.58. The van der Waals surface area contributed by atoms with Crippen LogP contribution in [0.3, 0.4) is 0 Å². The molecule has 0 fully saturated rings. The summed E-state index contributed by atoms with van der Waals surface area (Å²) in [6.45, 7) is 0. The van der Waals surface area contributed by atoms with Crippen LogP contribution in [-0.4, -0.2) is 24.7 Å². The molecule has 0 saturated heterocycles. The van der Waals surface area contributed by atoms with Crippen molar-refractivity contribution in [2.24, 2.45) is 0 Å². The molecule has 4 aromatic carbocycles. The van der Waals surface area contributed by atoms with Crippen LogP contribution in [0.5, 0.6) is 0 Å². The van der Waals surface area contributed by atoms with E-state index in [4.69, 9.17) is 10.1 Å². The van der Waals surface area contributed by atoms with Crippen LogP contribution in [0.2, 0.25) is 0 Å². The first-order valence-corrected chi connectivity index (χ1v) is 11.8. The monoisotopic (exact) mass is 483 g/mol. The molecule has 0 aliphatic rings. The number of nitro benzene ring substituents is 1. The Morgan fingerprint density at radius 2 is 1.32 bits per heavy atom. The van der Waals surface area contributed by atoms with Crippen LogP contribution in [-0.2, 0) is 0 Å². The molecule has 0 aliphatic carbocycles. The van der Waals surface area contributed by atoms with Gasteiger partial charge in [0.25, 0.3) is 5.69 Å². The maximum atomic E-state index is 11.5. The van der Waals surface area contributed by atoms with Gasteiger partial charge in [-0.05, 0) is 12.1 Å². The van der Waals surface area contributed by atoms with Crippen LogP contribution in [0, 0.1) is 10.1 Å². The highest BCUT2D eigenvalue weighted by Gasteiger charge is 2.22. The molecular formula is C30H21N5O2. The highest BCUT2D eigenvalue weighted by Crippen LogP contribution is 2.37. The lowest BCUT2D eigenvalue weighted by Crippen LogP contribution is -1.94. The summed E-state index contributed by atoms with van der Waals surface area (Å²) in [6.07, 6.45) is 1.91. The Bertz CT molecular complexity index is 1630. The Labute approximate surface area is 212 Å². The molecule has 178 valence electrons. The minimum Gasteiger partial charge on any atom is -0.337 e. The topological polar surface area (TPSA) is 89.6 Å². The predicted molar refractivity (Wildman–Crippen MR) is 144 cm³/mol. The van der Waals surface area contributed by atoms with E-state index in [0.717, 1.165) is 33.8 Å². The third-order valence-electron chi connectivity index (χ3n) is 6.13. The predicted octanol–water partition coefficient (Wildman–Crippen LogP) is 7.17. The molecule has 0 aliphatic heterocycles. The van der Waals surface area contributed by atoms with E-state index in [1.807, 2.05) is 103 Å². The average Bonchev–Trinajstić information content (AvgIpc) is 3.60. The summed E-state index contributed by atoms with van der Waals surface area (Å²) < 4.78 is 1.77. The van der Waals surface area contributed by atoms with Crippen molar-refractivity contribution in [3.63, 3.8) is 0 Å². The number of imidazole rings is 1. The summed E-state index contributed by atoms with van der Waals surface area (Å²) >= 11 is 0. The molecule has 0 atom stereocenters. The fourth-order valence-corrected chi connectivity index (χ4v) is 4.36. The largest absolute Gasteiger partial charge is 0.337 e. The molecule has 0 amide bonds. The van der Waals surface area contributed by atoms with Crippen LogP contribution in [0.25, 0.3) is 50.8 Å². The molecule has 6 aromatic rings. The standard InChI is InChI=1S/C30H21N5O2/c36-35(37)25-18-10-15-23(19-25)27-26(20-34(33-27)24-16-8-3-9-17-24)30-31-28(21-11-4-1-5-12-21)29(32-30)22-13-6-2-7-14-22/h1-20H,(H,31,32). The zero-order valence-corrected chi connectivity index (χ0v) is 19.7. The molecule has 37 heavy (non-hydrogen) atoms. The van der Waals surface area contributed by atoms with Gasteiger partial charge in [0.05, 0.1) is 27.6 Å². The molecule has 1 N–H and O–H groups in total. The lowest BCUT2D eigenvalue weighted by Gasteiger charge is -2.02. The van der Waals surface area contributed by atoms with Gasteiger partial charge in [0.1, 0.15) is 11.5 Å². The van der Waals surface area contributed by atoms with E-state index in [1.165, 1.54) is 6.07 Å². The van der Waals surface area contributed by atoms with Crippen LogP contribution in [0.15, 0.2) is 121 Å². The third kappa shape index (κ3) is 4.30. The van der Waals surface area contributed by atoms with Crippen LogP contribution < -0.4 is 0 Å². The normalized spacial score (nSPS) is 10.9. The molecular weight excluding hydrogens is 462 g/mol. The number of aromatic amines is 1. The van der Waals surface area contributed by atoms with Gasteiger partial charge in [0.2, 0.25) is 0 Å². The number of benzene rings is 4. The molecule has 0 spiro atoms. The van der Waals surface area contributed by atoms with Gasteiger partial charge in [0, 0.05) is 35.0 Å².